The van der Waals surface area contributed by atoms with Gasteiger partial charge in [0.2, 0.25) is 0 Å². The zero-order valence-corrected chi connectivity index (χ0v) is 16.5. The highest BCUT2D eigenvalue weighted by molar-refractivity contribution is 7.59. The summed E-state index contributed by atoms with van der Waals surface area (Å²) in [5, 5.41) is 0. The van der Waals surface area contributed by atoms with E-state index in [0.717, 1.165) is 0 Å². The van der Waals surface area contributed by atoms with E-state index in [1.807, 2.05) is 0 Å². The lowest BCUT2D eigenvalue weighted by molar-refractivity contribution is 0.535. The highest BCUT2D eigenvalue weighted by atomic mass is 32.1. The van der Waals surface area contributed by atoms with Gasteiger partial charge in [-0.1, -0.05) is 121 Å². The van der Waals surface area contributed by atoms with E-state index in [4.69, 9.17) is 0 Å². The fourth-order valence-electron chi connectivity index (χ4n) is 3.17. The van der Waals surface area contributed by atoms with Crippen LogP contribution in [0.5, 0.6) is 0 Å². The lowest BCUT2D eigenvalue weighted by Crippen LogP contribution is -1.86. The van der Waals surface area contributed by atoms with Gasteiger partial charge < -0.3 is 0 Å². The SMILES string of the molecule is CCCCCCCCCCCCCCCCc1ccccc1.S. The molecule has 0 saturated heterocycles. The molecule has 134 valence electrons. The molecule has 0 nitrogen and oxygen atoms in total. The van der Waals surface area contributed by atoms with Gasteiger partial charge in [-0.2, -0.15) is 13.5 Å². The third-order valence-corrected chi connectivity index (χ3v) is 4.66. The summed E-state index contributed by atoms with van der Waals surface area (Å²) in [5.74, 6) is 0. The van der Waals surface area contributed by atoms with Crippen molar-refractivity contribution < 1.29 is 0 Å². The monoisotopic (exact) mass is 336 g/mol. The third-order valence-electron chi connectivity index (χ3n) is 4.66. The van der Waals surface area contributed by atoms with E-state index in [1.165, 1.54) is 102 Å². The maximum absolute atomic E-state index is 2.29. The maximum atomic E-state index is 2.29. The van der Waals surface area contributed by atoms with Gasteiger partial charge in [0.15, 0.2) is 0 Å². The fraction of sp³-hybridized carbons (Fsp3) is 0.727. The maximum Gasteiger partial charge on any atom is -0.0279 e. The van der Waals surface area contributed by atoms with Gasteiger partial charge >= 0.3 is 0 Å². The molecule has 0 heterocycles. The Hall–Kier alpha value is -0.430. The minimum Gasteiger partial charge on any atom is -0.197 e. The zero-order valence-electron chi connectivity index (χ0n) is 15.5. The molecule has 0 aliphatic heterocycles. The van der Waals surface area contributed by atoms with Crippen molar-refractivity contribution >= 4 is 13.5 Å². The van der Waals surface area contributed by atoms with Crippen LogP contribution in [0.25, 0.3) is 0 Å². The average molecular weight is 337 g/mol. The topological polar surface area (TPSA) is 0 Å². The molecule has 1 aromatic rings. The van der Waals surface area contributed by atoms with Crippen LogP contribution in [0.3, 0.4) is 0 Å². The van der Waals surface area contributed by atoms with Gasteiger partial charge in [0.25, 0.3) is 0 Å². The smallest absolute Gasteiger partial charge is 0.0279 e. The molecular formula is C22H40S. The molecule has 0 aromatic heterocycles. The van der Waals surface area contributed by atoms with Gasteiger partial charge in [-0.15, -0.1) is 0 Å². The summed E-state index contributed by atoms with van der Waals surface area (Å²) in [5.41, 5.74) is 1.50. The van der Waals surface area contributed by atoms with Crippen molar-refractivity contribution in [3.8, 4) is 0 Å². The molecule has 0 radical (unpaired) electrons. The number of hydrogen-bond donors (Lipinski definition) is 0. The normalized spacial score (nSPS) is 10.5. The second-order valence-corrected chi connectivity index (χ2v) is 6.83. The van der Waals surface area contributed by atoms with Gasteiger partial charge in [0, 0.05) is 0 Å². The average Bonchev–Trinajstić information content (AvgIpc) is 2.56. The molecule has 0 unspecified atom stereocenters. The van der Waals surface area contributed by atoms with E-state index in [1.54, 1.807) is 0 Å². The molecule has 0 amide bonds. The van der Waals surface area contributed by atoms with Gasteiger partial charge in [-0.25, -0.2) is 0 Å². The highest BCUT2D eigenvalue weighted by Gasteiger charge is 1.95. The molecule has 0 bridgehead atoms. The Bertz CT molecular complexity index is 320. The van der Waals surface area contributed by atoms with Crippen LogP contribution in [0.4, 0.5) is 0 Å². The van der Waals surface area contributed by atoms with Gasteiger partial charge in [-0.05, 0) is 18.4 Å². The molecule has 1 rings (SSSR count). The second-order valence-electron chi connectivity index (χ2n) is 6.83. The molecule has 1 aromatic carbocycles. The second kappa shape index (κ2) is 17.9. The lowest BCUT2D eigenvalue weighted by atomic mass is 10.0. The molecule has 0 atom stereocenters. The highest BCUT2D eigenvalue weighted by Crippen LogP contribution is 2.13. The molecule has 0 aliphatic carbocycles. The van der Waals surface area contributed by atoms with E-state index < -0.39 is 0 Å². The minimum absolute atomic E-state index is 0. The zero-order chi connectivity index (χ0) is 15.7. The Kier molecular flexibility index (Phi) is 17.6. The van der Waals surface area contributed by atoms with Crippen molar-refractivity contribution in [2.45, 2.75) is 103 Å². The molecule has 1 heteroatoms. The van der Waals surface area contributed by atoms with Crippen LogP contribution < -0.4 is 0 Å². The third kappa shape index (κ3) is 14.9. The van der Waals surface area contributed by atoms with E-state index >= 15 is 0 Å². The Morgan fingerprint density at radius 2 is 0.913 bits per heavy atom. The van der Waals surface area contributed by atoms with Crippen LogP contribution in [0.15, 0.2) is 30.3 Å². The molecule has 0 fully saturated rings. The standard InChI is InChI=1S/C22H38.H2S/c1-2-3-4-5-6-7-8-9-10-11-12-13-14-16-19-22-20-17-15-18-21-22;/h15,17-18,20-21H,2-14,16,19H2,1H3;1H2. The van der Waals surface area contributed by atoms with Crippen LogP contribution in [0.1, 0.15) is 102 Å². The van der Waals surface area contributed by atoms with Crippen LogP contribution in [-0.4, -0.2) is 0 Å². The Morgan fingerprint density at radius 1 is 0.522 bits per heavy atom. The first-order chi connectivity index (χ1) is 10.9. The van der Waals surface area contributed by atoms with Crippen LogP contribution in [0, 0.1) is 0 Å². The van der Waals surface area contributed by atoms with Crippen molar-refractivity contribution in [1.82, 2.24) is 0 Å². The van der Waals surface area contributed by atoms with Crippen LogP contribution in [0.2, 0.25) is 0 Å². The number of benzene rings is 1. The minimum atomic E-state index is 0. The Morgan fingerprint density at radius 3 is 1.35 bits per heavy atom. The summed E-state index contributed by atoms with van der Waals surface area (Å²) in [4.78, 5) is 0. The molecule has 0 spiro atoms. The van der Waals surface area contributed by atoms with Crippen molar-refractivity contribution in [1.29, 1.82) is 0 Å². The van der Waals surface area contributed by atoms with Crippen LogP contribution in [-0.2, 0) is 6.42 Å². The number of rotatable bonds is 15. The number of unbranched alkanes of at least 4 members (excludes halogenated alkanes) is 13. The predicted octanol–water partition coefficient (Wildman–Crippen LogP) is 7.82. The van der Waals surface area contributed by atoms with E-state index in [9.17, 15) is 0 Å². The van der Waals surface area contributed by atoms with E-state index in [0.29, 0.717) is 0 Å². The fourth-order valence-corrected chi connectivity index (χ4v) is 3.17. The van der Waals surface area contributed by atoms with Crippen molar-refractivity contribution in [3.05, 3.63) is 35.9 Å². The van der Waals surface area contributed by atoms with Gasteiger partial charge in [0.1, 0.15) is 0 Å². The molecule has 0 aliphatic rings. The molecule has 23 heavy (non-hydrogen) atoms. The van der Waals surface area contributed by atoms with Gasteiger partial charge in [-0.3, -0.25) is 0 Å². The summed E-state index contributed by atoms with van der Waals surface area (Å²) in [6, 6.07) is 10.9. The van der Waals surface area contributed by atoms with Crippen molar-refractivity contribution in [2.24, 2.45) is 0 Å². The summed E-state index contributed by atoms with van der Waals surface area (Å²) in [7, 11) is 0. The Balaban J connectivity index is 0.00000484. The molecular weight excluding hydrogens is 296 g/mol. The summed E-state index contributed by atoms with van der Waals surface area (Å²) in [6.45, 7) is 2.29. The predicted molar refractivity (Wildman–Crippen MR) is 111 cm³/mol. The molecule has 0 N–H and O–H groups in total. The lowest BCUT2D eigenvalue weighted by Gasteiger charge is -2.03. The summed E-state index contributed by atoms with van der Waals surface area (Å²) in [6.07, 6.45) is 21.5. The van der Waals surface area contributed by atoms with Crippen molar-refractivity contribution in [3.63, 3.8) is 0 Å². The first-order valence-corrected chi connectivity index (χ1v) is 9.97. The van der Waals surface area contributed by atoms with E-state index in [2.05, 4.69) is 37.3 Å². The number of aryl methyl sites for hydroxylation is 1. The van der Waals surface area contributed by atoms with Gasteiger partial charge in [0.05, 0.1) is 0 Å². The summed E-state index contributed by atoms with van der Waals surface area (Å²) < 4.78 is 0. The summed E-state index contributed by atoms with van der Waals surface area (Å²) >= 11 is 0. The first-order valence-electron chi connectivity index (χ1n) is 9.97. The Labute approximate surface area is 152 Å². The van der Waals surface area contributed by atoms with E-state index in [-0.39, 0.29) is 13.5 Å². The quantitative estimate of drug-likeness (QED) is 0.286. The molecule has 0 saturated carbocycles. The van der Waals surface area contributed by atoms with Crippen molar-refractivity contribution in [2.75, 3.05) is 0 Å². The first kappa shape index (κ1) is 22.6. The van der Waals surface area contributed by atoms with Crippen LogP contribution >= 0.6 is 13.5 Å². The largest absolute Gasteiger partial charge is 0.197 e. The number of hydrogen-bond acceptors (Lipinski definition) is 0.